The van der Waals surface area contributed by atoms with Gasteiger partial charge in [-0.3, -0.25) is 4.79 Å². The average molecular weight is 943 g/mol. The smallest absolute Gasteiger partial charge is 0.306 e. The number of aliphatic hydroxyl groups excluding tert-OH is 7. The minimum atomic E-state index is -1.71. The van der Waals surface area contributed by atoms with E-state index in [1.807, 2.05) is 0 Å². The summed E-state index contributed by atoms with van der Waals surface area (Å²) in [4.78, 5) is 13.0. The van der Waals surface area contributed by atoms with Crippen LogP contribution >= 0.6 is 0 Å². The number of carbonyl (C=O) groups excluding carboxylic acids is 1. The van der Waals surface area contributed by atoms with E-state index >= 15 is 0 Å². The van der Waals surface area contributed by atoms with Crippen molar-refractivity contribution in [1.29, 1.82) is 0 Å². The zero-order valence-corrected chi connectivity index (χ0v) is 40.9. The van der Waals surface area contributed by atoms with Gasteiger partial charge >= 0.3 is 5.97 Å². The molecule has 0 amide bonds. The van der Waals surface area contributed by atoms with Gasteiger partial charge in [-0.15, -0.1) is 0 Å². The standard InChI is InChI=1S/C52H94O14/c1-3-5-7-9-11-13-15-17-18-19-20-21-22-24-26-28-30-32-34-36-61-38-41(64-44(54)35-33-31-29-27-25-23-16-14-12-10-8-6-4-2)39-62-51-50(60)48(58)46(56)43(66-51)40-63-52-49(59)47(57)45(55)42(37-53)65-52/h8,10,14,16,18-19,41-43,45-53,55-60H,3-7,9,11-13,15,17,20-40H2,1-2H3/b10-8-,16-14-,19-18-. The Labute approximate surface area is 398 Å². The second-order valence-electron chi connectivity index (χ2n) is 18.3. The van der Waals surface area contributed by atoms with Gasteiger partial charge in [-0.25, -0.2) is 0 Å². The Morgan fingerprint density at radius 2 is 0.970 bits per heavy atom. The van der Waals surface area contributed by atoms with Gasteiger partial charge in [-0.05, 0) is 64.2 Å². The topological polar surface area (TPSA) is 214 Å². The van der Waals surface area contributed by atoms with Crippen LogP contribution in [0.3, 0.4) is 0 Å². The average Bonchev–Trinajstić information content (AvgIpc) is 3.31. The van der Waals surface area contributed by atoms with E-state index in [0.29, 0.717) is 13.0 Å². The van der Waals surface area contributed by atoms with Crippen LogP contribution in [0.5, 0.6) is 0 Å². The molecule has 0 radical (unpaired) electrons. The van der Waals surface area contributed by atoms with Crippen molar-refractivity contribution >= 4 is 5.97 Å². The van der Waals surface area contributed by atoms with E-state index in [1.165, 1.54) is 96.3 Å². The molecule has 2 saturated heterocycles. The molecule has 11 atom stereocenters. The Bertz CT molecular complexity index is 1230. The molecule has 0 spiro atoms. The lowest BCUT2D eigenvalue weighted by atomic mass is 9.98. The quantitative estimate of drug-likeness (QED) is 0.0177. The fourth-order valence-corrected chi connectivity index (χ4v) is 8.08. The maximum Gasteiger partial charge on any atom is 0.306 e. The first kappa shape index (κ1) is 60.3. The highest BCUT2D eigenvalue weighted by Gasteiger charge is 2.47. The largest absolute Gasteiger partial charge is 0.457 e. The van der Waals surface area contributed by atoms with Crippen molar-refractivity contribution in [3.63, 3.8) is 0 Å². The first-order valence-corrected chi connectivity index (χ1v) is 26.1. The van der Waals surface area contributed by atoms with Gasteiger partial charge in [0, 0.05) is 13.0 Å². The Morgan fingerprint density at radius 3 is 1.53 bits per heavy atom. The molecule has 0 aromatic rings. The summed E-state index contributed by atoms with van der Waals surface area (Å²) in [7, 11) is 0. The van der Waals surface area contributed by atoms with Crippen LogP contribution in [0.2, 0.25) is 0 Å². The number of hydrogen-bond acceptors (Lipinski definition) is 14. The number of rotatable bonds is 41. The SMILES string of the molecule is CCC/C=C\C/C=C\CCCCCCCC(=O)OC(COCCCCCCCCCC/C=C\CCCCCCCCC)COC1OC(COC2OC(CO)C(O)C(O)C2O)C(O)C(O)C1O. The van der Waals surface area contributed by atoms with Gasteiger partial charge in [-0.2, -0.15) is 0 Å². The summed E-state index contributed by atoms with van der Waals surface area (Å²) in [5.74, 6) is -0.392. The van der Waals surface area contributed by atoms with Crippen molar-refractivity contribution in [2.75, 3.05) is 33.0 Å². The molecule has 11 unspecified atom stereocenters. The molecule has 2 aliphatic heterocycles. The van der Waals surface area contributed by atoms with Gasteiger partial charge in [-0.1, -0.05) is 153 Å². The van der Waals surface area contributed by atoms with E-state index in [2.05, 4.69) is 50.3 Å². The summed E-state index contributed by atoms with van der Waals surface area (Å²) in [5, 5.41) is 72.1. The molecule has 66 heavy (non-hydrogen) atoms. The number of hydrogen-bond donors (Lipinski definition) is 7. The highest BCUT2D eigenvalue weighted by Crippen LogP contribution is 2.26. The monoisotopic (exact) mass is 943 g/mol. The van der Waals surface area contributed by atoms with Crippen LogP contribution in [0.4, 0.5) is 0 Å². The second kappa shape index (κ2) is 40.0. The van der Waals surface area contributed by atoms with Crippen LogP contribution in [-0.2, 0) is 33.2 Å². The van der Waals surface area contributed by atoms with Crippen molar-refractivity contribution in [1.82, 2.24) is 0 Å². The Morgan fingerprint density at radius 1 is 0.500 bits per heavy atom. The minimum Gasteiger partial charge on any atom is -0.457 e. The molecule has 2 fully saturated rings. The minimum absolute atomic E-state index is 0.0544. The molecule has 14 nitrogen and oxygen atoms in total. The van der Waals surface area contributed by atoms with Crippen molar-refractivity contribution < 1.29 is 69.0 Å². The van der Waals surface area contributed by atoms with Gasteiger partial charge in [0.05, 0.1) is 26.4 Å². The summed E-state index contributed by atoms with van der Waals surface area (Å²) in [6.07, 6.45) is 27.8. The van der Waals surface area contributed by atoms with Gasteiger partial charge < -0.3 is 64.2 Å². The first-order chi connectivity index (χ1) is 32.1. The number of unbranched alkanes of at least 4 members (excludes halogenated alkanes) is 21. The van der Waals surface area contributed by atoms with Crippen molar-refractivity contribution in [2.24, 2.45) is 0 Å². The Balaban J connectivity index is 1.76. The number of carbonyl (C=O) groups is 1. The predicted molar refractivity (Wildman–Crippen MR) is 256 cm³/mol. The third kappa shape index (κ3) is 27.4. The summed E-state index contributed by atoms with van der Waals surface area (Å²) in [6, 6.07) is 0. The van der Waals surface area contributed by atoms with Crippen LogP contribution < -0.4 is 0 Å². The number of allylic oxidation sites excluding steroid dienone is 6. The van der Waals surface area contributed by atoms with E-state index in [1.54, 1.807) is 0 Å². The fraction of sp³-hybridized carbons (Fsp3) is 0.865. The normalized spacial score (nSPS) is 26.6. The van der Waals surface area contributed by atoms with Crippen LogP contribution in [-0.4, -0.2) is 142 Å². The molecular formula is C52H94O14. The van der Waals surface area contributed by atoms with Gasteiger partial charge in [0.25, 0.3) is 0 Å². The maximum absolute atomic E-state index is 13.0. The molecule has 0 saturated carbocycles. The highest BCUT2D eigenvalue weighted by atomic mass is 16.7. The van der Waals surface area contributed by atoms with Gasteiger partial charge in [0.1, 0.15) is 54.9 Å². The third-order valence-electron chi connectivity index (χ3n) is 12.4. The zero-order valence-electron chi connectivity index (χ0n) is 40.9. The van der Waals surface area contributed by atoms with Gasteiger partial charge in [0.2, 0.25) is 0 Å². The molecule has 7 N–H and O–H groups in total. The maximum atomic E-state index is 13.0. The molecule has 0 bridgehead atoms. The lowest BCUT2D eigenvalue weighted by molar-refractivity contribution is -0.332. The lowest BCUT2D eigenvalue weighted by Crippen LogP contribution is -2.61. The third-order valence-corrected chi connectivity index (χ3v) is 12.4. The number of ether oxygens (including phenoxy) is 6. The lowest BCUT2D eigenvalue weighted by Gasteiger charge is -2.42. The van der Waals surface area contributed by atoms with Crippen molar-refractivity contribution in [2.45, 2.75) is 255 Å². The first-order valence-electron chi connectivity index (χ1n) is 26.1. The zero-order chi connectivity index (χ0) is 48.0. The molecule has 2 rings (SSSR count). The van der Waals surface area contributed by atoms with Crippen molar-refractivity contribution in [3.05, 3.63) is 36.5 Å². The van der Waals surface area contributed by atoms with Crippen LogP contribution in [0, 0.1) is 0 Å². The molecule has 0 aliphatic carbocycles. The van der Waals surface area contributed by atoms with E-state index in [4.69, 9.17) is 28.4 Å². The summed E-state index contributed by atoms with van der Waals surface area (Å²) in [5.41, 5.74) is 0. The van der Waals surface area contributed by atoms with Gasteiger partial charge in [0.15, 0.2) is 12.6 Å². The fourth-order valence-electron chi connectivity index (χ4n) is 8.08. The predicted octanol–water partition coefficient (Wildman–Crippen LogP) is 7.80. The molecule has 386 valence electrons. The molecule has 2 heterocycles. The number of aliphatic hydroxyl groups is 7. The Kier molecular flexibility index (Phi) is 36.6. The van der Waals surface area contributed by atoms with Crippen molar-refractivity contribution in [3.8, 4) is 0 Å². The van der Waals surface area contributed by atoms with Crippen LogP contribution in [0.25, 0.3) is 0 Å². The highest BCUT2D eigenvalue weighted by molar-refractivity contribution is 5.69. The summed E-state index contributed by atoms with van der Waals surface area (Å²) in [6.45, 7) is 3.60. The van der Waals surface area contributed by atoms with Crippen LogP contribution in [0.15, 0.2) is 36.5 Å². The molecule has 0 aromatic heterocycles. The Hall–Kier alpha value is -1.79. The molecule has 0 aromatic carbocycles. The van der Waals surface area contributed by atoms with Crippen LogP contribution in [0.1, 0.15) is 187 Å². The van der Waals surface area contributed by atoms with E-state index < -0.39 is 86.7 Å². The summed E-state index contributed by atoms with van der Waals surface area (Å²) >= 11 is 0. The molecular weight excluding hydrogens is 849 g/mol. The molecule has 14 heteroatoms. The second-order valence-corrected chi connectivity index (χ2v) is 18.3. The van der Waals surface area contributed by atoms with E-state index in [-0.39, 0.29) is 19.6 Å². The summed E-state index contributed by atoms with van der Waals surface area (Å²) < 4.78 is 34.3. The van der Waals surface area contributed by atoms with E-state index in [0.717, 1.165) is 64.2 Å². The molecule has 2 aliphatic rings. The number of esters is 1. The van der Waals surface area contributed by atoms with E-state index in [9.17, 15) is 40.5 Å².